The van der Waals surface area contributed by atoms with Crippen LogP contribution in [0.3, 0.4) is 0 Å². The molecule has 0 bridgehead atoms. The van der Waals surface area contributed by atoms with Crippen LogP contribution in [0, 0.1) is 0 Å². The Morgan fingerprint density at radius 2 is 2.24 bits per heavy atom. The highest BCUT2D eigenvalue weighted by Crippen LogP contribution is 2.13. The number of rotatable bonds is 8. The van der Waals surface area contributed by atoms with Crippen molar-refractivity contribution in [1.29, 1.82) is 0 Å². The summed E-state index contributed by atoms with van der Waals surface area (Å²) in [5.41, 5.74) is 0. The van der Waals surface area contributed by atoms with E-state index in [0.717, 1.165) is 6.42 Å². The standard InChI is InChI=1S/C10H17F2N3O2/c1-3-7(13-2)10-14-9(15-17-10)4-5-16-6-8(11)12/h7-8,13H,3-6H2,1-2H3. The zero-order valence-corrected chi connectivity index (χ0v) is 9.95. The number of ether oxygens (including phenoxy) is 1. The number of hydrogen-bond acceptors (Lipinski definition) is 5. The Morgan fingerprint density at radius 3 is 2.82 bits per heavy atom. The van der Waals surface area contributed by atoms with Gasteiger partial charge in [-0.25, -0.2) is 8.78 Å². The second-order valence-electron chi connectivity index (χ2n) is 3.51. The van der Waals surface area contributed by atoms with Gasteiger partial charge in [-0.15, -0.1) is 0 Å². The van der Waals surface area contributed by atoms with Crippen LogP contribution in [0.5, 0.6) is 0 Å². The van der Waals surface area contributed by atoms with Crippen LogP contribution in [0.25, 0.3) is 0 Å². The lowest BCUT2D eigenvalue weighted by molar-refractivity contribution is 0.0182. The van der Waals surface area contributed by atoms with Crippen LogP contribution in [-0.4, -0.2) is 36.8 Å². The molecular weight excluding hydrogens is 232 g/mol. The molecule has 0 aliphatic carbocycles. The lowest BCUT2D eigenvalue weighted by atomic mass is 10.2. The molecule has 0 aliphatic heterocycles. The fourth-order valence-electron chi connectivity index (χ4n) is 1.35. The minimum Gasteiger partial charge on any atom is -0.375 e. The Morgan fingerprint density at radius 1 is 1.47 bits per heavy atom. The molecule has 0 saturated heterocycles. The summed E-state index contributed by atoms with van der Waals surface area (Å²) in [5.74, 6) is 0.988. The van der Waals surface area contributed by atoms with E-state index in [4.69, 9.17) is 9.26 Å². The molecule has 0 radical (unpaired) electrons. The number of halogens is 2. The molecule has 7 heteroatoms. The third-order valence-electron chi connectivity index (χ3n) is 2.25. The first kappa shape index (κ1) is 14.0. The maximum Gasteiger partial charge on any atom is 0.261 e. The third kappa shape index (κ3) is 4.74. The zero-order valence-electron chi connectivity index (χ0n) is 9.95. The number of nitrogens with one attached hydrogen (secondary N) is 1. The maximum atomic E-state index is 11.8. The Bertz CT molecular complexity index is 316. The molecule has 0 spiro atoms. The number of alkyl halides is 2. The van der Waals surface area contributed by atoms with Crippen molar-refractivity contribution in [2.45, 2.75) is 32.2 Å². The van der Waals surface area contributed by atoms with E-state index >= 15 is 0 Å². The molecule has 0 fully saturated rings. The highest BCUT2D eigenvalue weighted by atomic mass is 19.3. The SMILES string of the molecule is CCC(NC)c1nc(CCOCC(F)F)no1. The summed E-state index contributed by atoms with van der Waals surface area (Å²) in [6, 6.07) is 0.0261. The number of nitrogens with zero attached hydrogens (tertiary/aromatic N) is 2. The molecule has 1 aromatic rings. The molecule has 1 N–H and O–H groups in total. The summed E-state index contributed by atoms with van der Waals surface area (Å²) in [7, 11) is 1.81. The molecular formula is C10H17F2N3O2. The molecule has 1 heterocycles. The highest BCUT2D eigenvalue weighted by Gasteiger charge is 2.15. The second-order valence-corrected chi connectivity index (χ2v) is 3.51. The Hall–Kier alpha value is -1.08. The van der Waals surface area contributed by atoms with Crippen LogP contribution in [-0.2, 0) is 11.2 Å². The van der Waals surface area contributed by atoms with Gasteiger partial charge in [0.05, 0.1) is 12.6 Å². The summed E-state index contributed by atoms with van der Waals surface area (Å²) in [4.78, 5) is 4.16. The van der Waals surface area contributed by atoms with E-state index in [-0.39, 0.29) is 12.6 Å². The van der Waals surface area contributed by atoms with E-state index in [0.29, 0.717) is 18.1 Å². The predicted octanol–water partition coefficient (Wildman–Crippen LogP) is 1.56. The smallest absolute Gasteiger partial charge is 0.261 e. The number of aromatic nitrogens is 2. The molecule has 1 unspecified atom stereocenters. The van der Waals surface area contributed by atoms with Crippen molar-refractivity contribution in [2.24, 2.45) is 0 Å². The summed E-state index contributed by atoms with van der Waals surface area (Å²) >= 11 is 0. The first-order chi connectivity index (χ1) is 8.17. The average molecular weight is 249 g/mol. The molecule has 0 saturated carbocycles. The minimum absolute atomic E-state index is 0.0261. The van der Waals surface area contributed by atoms with Crippen molar-refractivity contribution in [3.63, 3.8) is 0 Å². The largest absolute Gasteiger partial charge is 0.375 e. The normalized spacial score (nSPS) is 13.2. The van der Waals surface area contributed by atoms with Gasteiger partial charge in [-0.3, -0.25) is 0 Å². The summed E-state index contributed by atoms with van der Waals surface area (Å²) in [6.45, 7) is 1.61. The van der Waals surface area contributed by atoms with Crippen molar-refractivity contribution < 1.29 is 18.0 Å². The van der Waals surface area contributed by atoms with E-state index in [9.17, 15) is 8.78 Å². The fourth-order valence-corrected chi connectivity index (χ4v) is 1.35. The lowest BCUT2D eigenvalue weighted by Gasteiger charge is -2.06. The molecule has 0 aliphatic rings. The van der Waals surface area contributed by atoms with E-state index in [2.05, 4.69) is 15.5 Å². The van der Waals surface area contributed by atoms with Gasteiger partial charge >= 0.3 is 0 Å². The summed E-state index contributed by atoms with van der Waals surface area (Å²) in [5, 5.41) is 6.79. The van der Waals surface area contributed by atoms with Gasteiger partial charge in [0.2, 0.25) is 5.89 Å². The van der Waals surface area contributed by atoms with Crippen molar-refractivity contribution in [1.82, 2.24) is 15.5 Å². The van der Waals surface area contributed by atoms with Crippen LogP contribution >= 0.6 is 0 Å². The first-order valence-corrected chi connectivity index (χ1v) is 5.53. The van der Waals surface area contributed by atoms with Crippen molar-refractivity contribution in [3.8, 4) is 0 Å². The molecule has 98 valence electrons. The predicted molar refractivity (Wildman–Crippen MR) is 56.9 cm³/mol. The van der Waals surface area contributed by atoms with Gasteiger partial charge in [0, 0.05) is 6.42 Å². The fraction of sp³-hybridized carbons (Fsp3) is 0.800. The van der Waals surface area contributed by atoms with Crippen LogP contribution in [0.4, 0.5) is 8.78 Å². The van der Waals surface area contributed by atoms with Gasteiger partial charge in [0.25, 0.3) is 6.43 Å². The van der Waals surface area contributed by atoms with Crippen LogP contribution in [0.15, 0.2) is 4.52 Å². The zero-order chi connectivity index (χ0) is 12.7. The Kier molecular flexibility index (Phi) is 5.99. The van der Waals surface area contributed by atoms with Gasteiger partial charge < -0.3 is 14.6 Å². The highest BCUT2D eigenvalue weighted by molar-refractivity contribution is 4.92. The Labute approximate surface area is 98.5 Å². The Balaban J connectivity index is 2.35. The quantitative estimate of drug-likeness (QED) is 0.708. The molecule has 1 aromatic heterocycles. The molecule has 17 heavy (non-hydrogen) atoms. The lowest BCUT2D eigenvalue weighted by Crippen LogP contribution is -2.15. The molecule has 0 amide bonds. The van der Waals surface area contributed by atoms with Gasteiger partial charge in [0.15, 0.2) is 5.82 Å². The topological polar surface area (TPSA) is 60.2 Å². The minimum atomic E-state index is -2.44. The monoisotopic (exact) mass is 249 g/mol. The maximum absolute atomic E-state index is 11.8. The van der Waals surface area contributed by atoms with E-state index in [1.54, 1.807) is 0 Å². The van der Waals surface area contributed by atoms with Gasteiger partial charge in [-0.05, 0) is 13.5 Å². The number of hydrogen-bond donors (Lipinski definition) is 1. The first-order valence-electron chi connectivity index (χ1n) is 5.53. The van der Waals surface area contributed by atoms with Gasteiger partial charge in [0.1, 0.15) is 6.61 Å². The van der Waals surface area contributed by atoms with Crippen LogP contribution in [0.2, 0.25) is 0 Å². The van der Waals surface area contributed by atoms with Crippen molar-refractivity contribution in [2.75, 3.05) is 20.3 Å². The average Bonchev–Trinajstić information content (AvgIpc) is 2.75. The third-order valence-corrected chi connectivity index (χ3v) is 2.25. The van der Waals surface area contributed by atoms with E-state index < -0.39 is 13.0 Å². The van der Waals surface area contributed by atoms with Gasteiger partial charge in [-0.1, -0.05) is 12.1 Å². The molecule has 0 aromatic carbocycles. The summed E-state index contributed by atoms with van der Waals surface area (Å²) in [6.07, 6.45) is -1.24. The molecule has 1 atom stereocenters. The molecule has 5 nitrogen and oxygen atoms in total. The van der Waals surface area contributed by atoms with Crippen LogP contribution in [0.1, 0.15) is 31.1 Å². The van der Waals surface area contributed by atoms with E-state index in [1.165, 1.54) is 0 Å². The second kappa shape index (κ2) is 7.29. The van der Waals surface area contributed by atoms with Crippen molar-refractivity contribution in [3.05, 3.63) is 11.7 Å². The van der Waals surface area contributed by atoms with E-state index in [1.807, 2.05) is 14.0 Å². The van der Waals surface area contributed by atoms with Gasteiger partial charge in [-0.2, -0.15) is 4.98 Å². The summed E-state index contributed by atoms with van der Waals surface area (Å²) < 4.78 is 33.4. The van der Waals surface area contributed by atoms with Crippen molar-refractivity contribution >= 4 is 0 Å². The van der Waals surface area contributed by atoms with Crippen LogP contribution < -0.4 is 5.32 Å². The molecule has 1 rings (SSSR count).